The minimum atomic E-state index is -0.236. The van der Waals surface area contributed by atoms with E-state index in [1.165, 1.54) is 51.4 Å². The zero-order valence-corrected chi connectivity index (χ0v) is 23.1. The maximum Gasteiger partial charge on any atom is 0.332 e. The number of allylic oxidation sites excluding steroid dienone is 3. The van der Waals surface area contributed by atoms with Gasteiger partial charge >= 0.3 is 5.97 Å². The number of hydrogen-bond acceptors (Lipinski definition) is 4. The maximum atomic E-state index is 11.8. The van der Waals surface area contributed by atoms with Crippen LogP contribution in [0.5, 0.6) is 0 Å². The summed E-state index contributed by atoms with van der Waals surface area (Å²) in [6, 6.07) is 0. The first-order valence-corrected chi connectivity index (χ1v) is 14.5. The number of esters is 1. The van der Waals surface area contributed by atoms with Crippen LogP contribution in [0.4, 0.5) is 0 Å². The quantitative estimate of drug-likeness (QED) is 0.185. The van der Waals surface area contributed by atoms with E-state index in [-0.39, 0.29) is 18.7 Å². The Kier molecular flexibility index (Phi) is 8.85. The van der Waals surface area contributed by atoms with Gasteiger partial charge in [0.15, 0.2) is 0 Å². The second kappa shape index (κ2) is 11.5. The van der Waals surface area contributed by atoms with Gasteiger partial charge < -0.3 is 14.2 Å². The number of rotatable bonds is 10. The zero-order valence-electron chi connectivity index (χ0n) is 23.1. The second-order valence-electron chi connectivity index (χ2n) is 12.4. The van der Waals surface area contributed by atoms with Gasteiger partial charge in [-0.05, 0) is 119 Å². The van der Waals surface area contributed by atoms with Gasteiger partial charge in [-0.1, -0.05) is 37.1 Å². The molecule has 0 radical (unpaired) electrons. The van der Waals surface area contributed by atoms with Gasteiger partial charge in [-0.2, -0.15) is 0 Å². The largest absolute Gasteiger partial charge is 0.464 e. The van der Waals surface area contributed by atoms with E-state index in [2.05, 4.69) is 32.9 Å². The van der Waals surface area contributed by atoms with E-state index in [4.69, 9.17) is 14.2 Å². The van der Waals surface area contributed by atoms with Crippen molar-refractivity contribution in [3.63, 3.8) is 0 Å². The van der Waals surface area contributed by atoms with Crippen molar-refractivity contribution in [1.82, 2.24) is 0 Å². The number of methoxy groups -OCH3 is 1. The van der Waals surface area contributed by atoms with Crippen LogP contribution in [-0.2, 0) is 19.0 Å². The van der Waals surface area contributed by atoms with Crippen LogP contribution in [0.25, 0.3) is 0 Å². The highest BCUT2D eigenvalue weighted by atomic mass is 16.6. The predicted octanol–water partition coefficient (Wildman–Crippen LogP) is 7.28. The van der Waals surface area contributed by atoms with Gasteiger partial charge in [-0.3, -0.25) is 0 Å². The van der Waals surface area contributed by atoms with Crippen LogP contribution >= 0.6 is 0 Å². The lowest BCUT2D eigenvalue weighted by molar-refractivity contribution is -0.151. The fraction of sp³-hybridized carbons (Fsp3) is 0.839. The molecule has 0 aromatic carbocycles. The smallest absolute Gasteiger partial charge is 0.332 e. The minimum Gasteiger partial charge on any atom is -0.464 e. The molecule has 0 bridgehead atoms. The van der Waals surface area contributed by atoms with Crippen molar-refractivity contribution in [3.05, 3.63) is 23.3 Å². The Bertz CT molecular complexity index is 800. The first-order chi connectivity index (χ1) is 16.8. The normalized spacial score (nSPS) is 38.8. The van der Waals surface area contributed by atoms with Crippen LogP contribution in [0.15, 0.2) is 23.3 Å². The molecule has 7 atom stereocenters. The zero-order chi connectivity index (χ0) is 25.1. The molecule has 0 spiro atoms. The lowest BCUT2D eigenvalue weighted by Gasteiger charge is -2.58. The van der Waals surface area contributed by atoms with Crippen LogP contribution in [0.3, 0.4) is 0 Å². The van der Waals surface area contributed by atoms with E-state index in [0.29, 0.717) is 17.4 Å². The highest BCUT2D eigenvalue weighted by molar-refractivity contribution is 5.70. The monoisotopic (exact) mass is 486 g/mol. The summed E-state index contributed by atoms with van der Waals surface area (Å²) in [5.74, 6) is 3.03. The first-order valence-electron chi connectivity index (χ1n) is 14.5. The van der Waals surface area contributed by atoms with Crippen molar-refractivity contribution in [1.29, 1.82) is 0 Å². The lowest BCUT2D eigenvalue weighted by atomic mass is 9.47. The highest BCUT2D eigenvalue weighted by Gasteiger charge is 2.58. The molecule has 3 saturated carbocycles. The number of fused-ring (bicyclic) bond motifs is 5. The van der Waals surface area contributed by atoms with Gasteiger partial charge in [-0.25, -0.2) is 4.79 Å². The van der Waals surface area contributed by atoms with Gasteiger partial charge in [0.1, 0.15) is 6.61 Å². The van der Waals surface area contributed by atoms with Gasteiger partial charge in [0, 0.05) is 13.7 Å². The van der Waals surface area contributed by atoms with E-state index >= 15 is 0 Å². The van der Waals surface area contributed by atoms with Gasteiger partial charge in [0.05, 0.1) is 12.7 Å². The molecule has 0 aromatic rings. The van der Waals surface area contributed by atoms with Crippen LogP contribution < -0.4 is 0 Å². The van der Waals surface area contributed by atoms with Crippen LogP contribution in [-0.4, -0.2) is 39.0 Å². The summed E-state index contributed by atoms with van der Waals surface area (Å²) in [6.45, 7) is 10.8. The van der Waals surface area contributed by atoms with Crippen molar-refractivity contribution >= 4 is 5.97 Å². The summed E-state index contributed by atoms with van der Waals surface area (Å²) in [7, 11) is 1.80. The molecule has 0 saturated heterocycles. The molecule has 4 aliphatic rings. The van der Waals surface area contributed by atoms with Gasteiger partial charge in [-0.15, -0.1) is 0 Å². The summed E-state index contributed by atoms with van der Waals surface area (Å²) < 4.78 is 16.2. The third kappa shape index (κ3) is 5.44. The van der Waals surface area contributed by atoms with E-state index in [1.807, 2.05) is 6.92 Å². The molecule has 0 heterocycles. The van der Waals surface area contributed by atoms with E-state index in [0.717, 1.165) is 49.5 Å². The van der Waals surface area contributed by atoms with Crippen molar-refractivity contribution < 1.29 is 19.0 Å². The Labute approximate surface area is 214 Å². The number of carbonyl (C=O) groups excluding carboxylic acids is 1. The molecule has 4 aliphatic carbocycles. The number of unbranched alkanes of at least 4 members (excludes halogenated alkanes) is 2. The van der Waals surface area contributed by atoms with E-state index in [1.54, 1.807) is 18.3 Å². The predicted molar refractivity (Wildman–Crippen MR) is 141 cm³/mol. The fourth-order valence-electron chi connectivity index (χ4n) is 8.77. The van der Waals surface area contributed by atoms with Crippen LogP contribution in [0.1, 0.15) is 98.3 Å². The molecule has 0 aromatic heterocycles. The van der Waals surface area contributed by atoms with Crippen molar-refractivity contribution in [2.75, 3.05) is 26.9 Å². The lowest BCUT2D eigenvalue weighted by Crippen LogP contribution is -2.50. The Balaban J connectivity index is 1.40. The number of carbonyl (C=O) groups is 1. The summed E-state index contributed by atoms with van der Waals surface area (Å²) >= 11 is 0. The molecule has 0 N–H and O–H groups in total. The average Bonchev–Trinajstić information content (AvgIpc) is 3.20. The molecule has 4 nitrogen and oxygen atoms in total. The Morgan fingerprint density at radius 1 is 1.11 bits per heavy atom. The molecule has 0 aliphatic heterocycles. The topological polar surface area (TPSA) is 44.8 Å². The average molecular weight is 487 g/mol. The molecule has 198 valence electrons. The number of hydrogen-bond donors (Lipinski definition) is 0. The third-order valence-corrected chi connectivity index (χ3v) is 10.6. The Morgan fingerprint density at radius 3 is 2.71 bits per heavy atom. The molecule has 4 rings (SSSR count). The van der Waals surface area contributed by atoms with Gasteiger partial charge in [0.25, 0.3) is 0 Å². The molecular formula is C31H50O4. The van der Waals surface area contributed by atoms with Crippen molar-refractivity contribution in [2.24, 2.45) is 34.5 Å². The van der Waals surface area contributed by atoms with Crippen molar-refractivity contribution in [3.8, 4) is 0 Å². The Morgan fingerprint density at radius 2 is 1.94 bits per heavy atom. The molecular weight excluding hydrogens is 436 g/mol. The van der Waals surface area contributed by atoms with E-state index in [9.17, 15) is 4.79 Å². The molecule has 0 amide bonds. The molecule has 3 fully saturated rings. The summed E-state index contributed by atoms with van der Waals surface area (Å²) in [5, 5.41) is 0. The highest BCUT2D eigenvalue weighted by Crippen LogP contribution is 2.67. The standard InChI is InChI=1S/C31H50O4/c1-6-34-29(32)21-35-24-15-17-30(3)23(20-24)11-12-25-27-14-13-26(31(27,4)18-16-28(25)30)22(2)10-8-7-9-19-33-5/h10-11,24-28H,6-9,12-21H2,1-5H3/b22-10+/t24-,25-,26+,27-,28-,30-,31+/m0/s1. The summed E-state index contributed by atoms with van der Waals surface area (Å²) in [5.41, 5.74) is 4.06. The first kappa shape index (κ1) is 26.9. The van der Waals surface area contributed by atoms with E-state index < -0.39 is 0 Å². The maximum absolute atomic E-state index is 11.8. The fourth-order valence-corrected chi connectivity index (χ4v) is 8.77. The minimum absolute atomic E-state index is 0.0929. The Hall–Kier alpha value is -1.13. The van der Waals surface area contributed by atoms with Gasteiger partial charge in [0.2, 0.25) is 0 Å². The van der Waals surface area contributed by atoms with Crippen molar-refractivity contribution in [2.45, 2.75) is 104 Å². The third-order valence-electron chi connectivity index (χ3n) is 10.6. The number of ether oxygens (including phenoxy) is 3. The summed E-state index contributed by atoms with van der Waals surface area (Å²) in [4.78, 5) is 11.8. The molecule has 0 unspecified atom stereocenters. The van der Waals surface area contributed by atoms with Crippen LogP contribution in [0.2, 0.25) is 0 Å². The SMILES string of the molecule is CCOC(=O)CO[C@H]1CC[C@@]2(C)C(=CC[C@H]3[C@@H]4CC[C@H](/C(C)=C/CCCCOC)[C@@]4(C)CC[C@@H]32)C1. The molecule has 35 heavy (non-hydrogen) atoms. The molecule has 4 heteroatoms. The van der Waals surface area contributed by atoms with Crippen LogP contribution in [0, 0.1) is 34.5 Å². The summed E-state index contributed by atoms with van der Waals surface area (Å²) in [6.07, 6.45) is 18.9. The second-order valence-corrected chi connectivity index (χ2v) is 12.4.